The monoisotopic (exact) mass is 201 g/mol. The molecule has 1 N–H and O–H groups in total. The minimum atomic E-state index is -1.24. The van der Waals surface area contributed by atoms with Gasteiger partial charge in [0.1, 0.15) is 0 Å². The van der Waals surface area contributed by atoms with Gasteiger partial charge in [-0.1, -0.05) is 0 Å². The molecule has 5 nitrogen and oxygen atoms in total. The first-order chi connectivity index (χ1) is 6.24. The summed E-state index contributed by atoms with van der Waals surface area (Å²) in [5.41, 5.74) is 0. The molecule has 0 unspecified atom stereocenters. The molecule has 14 heavy (non-hydrogen) atoms. The molecular formula is C9H15NO4. The summed E-state index contributed by atoms with van der Waals surface area (Å²) in [6.07, 6.45) is 0. The summed E-state index contributed by atoms with van der Waals surface area (Å²) in [7, 11) is 5.72. The van der Waals surface area contributed by atoms with Gasteiger partial charge in [0.25, 0.3) is 0 Å². The normalized spacial score (nSPS) is 31.2. The van der Waals surface area contributed by atoms with Crippen LogP contribution in [0, 0.1) is 17.8 Å². The van der Waals surface area contributed by atoms with Crippen molar-refractivity contribution in [2.24, 2.45) is 17.8 Å². The van der Waals surface area contributed by atoms with E-state index in [-0.39, 0.29) is 5.92 Å². The topological polar surface area (TPSA) is 77.4 Å². The van der Waals surface area contributed by atoms with Crippen LogP contribution in [-0.4, -0.2) is 49.2 Å². The van der Waals surface area contributed by atoms with Crippen molar-refractivity contribution >= 4 is 11.9 Å². The van der Waals surface area contributed by atoms with E-state index >= 15 is 0 Å². The fraction of sp³-hybridized carbons (Fsp3) is 0.778. The second kappa shape index (κ2) is 3.24. The van der Waals surface area contributed by atoms with Crippen molar-refractivity contribution < 1.29 is 24.3 Å². The number of carboxylic acids is 2. The molecule has 0 radical (unpaired) electrons. The number of hydrogen-bond donors (Lipinski definition) is 1. The van der Waals surface area contributed by atoms with Gasteiger partial charge in [-0.05, 0) is 0 Å². The zero-order chi connectivity index (χ0) is 11.1. The van der Waals surface area contributed by atoms with Crippen LogP contribution in [0.5, 0.6) is 0 Å². The molecule has 0 spiro atoms. The maximum absolute atomic E-state index is 10.7. The predicted molar refractivity (Wildman–Crippen MR) is 46.0 cm³/mol. The molecule has 1 rings (SSSR count). The summed E-state index contributed by atoms with van der Waals surface area (Å²) in [4.78, 5) is 21.3. The Kier molecular flexibility index (Phi) is 2.54. The summed E-state index contributed by atoms with van der Waals surface area (Å²) in [5, 5.41) is 19.3. The fourth-order valence-corrected chi connectivity index (χ4v) is 1.89. The minimum Gasteiger partial charge on any atom is -0.550 e. The number of carbonyl (C=O) groups is 2. The smallest absolute Gasteiger partial charge is 0.307 e. The standard InChI is InChI=1S/C9H15NO4/c1-10(2,3)4-5-6(8(11)12)7(5)9(13)14/h5-7H,4H2,1-3H3,(H-,11,12,13,14)/t6-,7-/m0/s1. The summed E-state index contributed by atoms with van der Waals surface area (Å²) in [5.74, 6) is -4.10. The Labute approximate surface area is 82.5 Å². The van der Waals surface area contributed by atoms with Crippen LogP contribution in [0.4, 0.5) is 0 Å². The molecule has 3 atom stereocenters. The summed E-state index contributed by atoms with van der Waals surface area (Å²) < 4.78 is 0.568. The van der Waals surface area contributed by atoms with Gasteiger partial charge in [-0.25, -0.2) is 0 Å². The van der Waals surface area contributed by atoms with Gasteiger partial charge in [0, 0.05) is 17.8 Å². The van der Waals surface area contributed by atoms with E-state index in [1.165, 1.54) is 0 Å². The van der Waals surface area contributed by atoms with Gasteiger partial charge in [-0.2, -0.15) is 0 Å². The van der Waals surface area contributed by atoms with Crippen molar-refractivity contribution in [2.75, 3.05) is 27.7 Å². The number of carboxylic acid groups (broad SMARTS) is 2. The van der Waals surface area contributed by atoms with Crippen LogP contribution in [0.15, 0.2) is 0 Å². The lowest BCUT2D eigenvalue weighted by molar-refractivity contribution is -0.872. The molecule has 1 aliphatic carbocycles. The third kappa shape index (κ3) is 2.23. The van der Waals surface area contributed by atoms with Crippen LogP contribution in [0.1, 0.15) is 0 Å². The van der Waals surface area contributed by atoms with E-state index in [4.69, 9.17) is 5.11 Å². The first-order valence-corrected chi connectivity index (χ1v) is 4.48. The summed E-state index contributed by atoms with van der Waals surface area (Å²) in [6.45, 7) is 0.551. The third-order valence-corrected chi connectivity index (χ3v) is 2.48. The van der Waals surface area contributed by atoms with Gasteiger partial charge in [0.05, 0.1) is 33.6 Å². The lowest BCUT2D eigenvalue weighted by atomic mass is 10.3. The van der Waals surface area contributed by atoms with Crippen molar-refractivity contribution in [3.63, 3.8) is 0 Å². The lowest BCUT2D eigenvalue weighted by Gasteiger charge is -2.24. The van der Waals surface area contributed by atoms with Crippen molar-refractivity contribution in [3.05, 3.63) is 0 Å². The molecule has 0 bridgehead atoms. The highest BCUT2D eigenvalue weighted by molar-refractivity contribution is 5.85. The second-order valence-electron chi connectivity index (χ2n) is 4.85. The first-order valence-electron chi connectivity index (χ1n) is 4.48. The van der Waals surface area contributed by atoms with Crippen molar-refractivity contribution in [1.82, 2.24) is 0 Å². The molecular weight excluding hydrogens is 186 g/mol. The first kappa shape index (κ1) is 11.0. The maximum Gasteiger partial charge on any atom is 0.307 e. The summed E-state index contributed by atoms with van der Waals surface area (Å²) >= 11 is 0. The minimum absolute atomic E-state index is 0.280. The highest BCUT2D eigenvalue weighted by Crippen LogP contribution is 2.46. The van der Waals surface area contributed by atoms with Crippen LogP contribution >= 0.6 is 0 Å². The number of hydrogen-bond acceptors (Lipinski definition) is 3. The van der Waals surface area contributed by atoms with E-state index in [0.29, 0.717) is 11.0 Å². The van der Waals surface area contributed by atoms with E-state index in [9.17, 15) is 14.7 Å². The molecule has 0 aromatic carbocycles. The van der Waals surface area contributed by atoms with E-state index in [0.717, 1.165) is 0 Å². The molecule has 0 aliphatic heterocycles. The number of carbonyl (C=O) groups excluding carboxylic acids is 1. The van der Waals surface area contributed by atoms with E-state index in [1.807, 2.05) is 21.1 Å². The lowest BCUT2D eigenvalue weighted by Crippen LogP contribution is -2.37. The van der Waals surface area contributed by atoms with Crippen molar-refractivity contribution in [3.8, 4) is 0 Å². The van der Waals surface area contributed by atoms with Crippen LogP contribution in [0.25, 0.3) is 0 Å². The van der Waals surface area contributed by atoms with Crippen LogP contribution in [0.2, 0.25) is 0 Å². The van der Waals surface area contributed by atoms with Crippen LogP contribution < -0.4 is 5.11 Å². The third-order valence-electron chi connectivity index (χ3n) is 2.48. The molecule has 0 aromatic heterocycles. The molecule has 0 amide bonds. The van der Waals surface area contributed by atoms with E-state index in [1.54, 1.807) is 0 Å². The molecule has 0 heterocycles. The van der Waals surface area contributed by atoms with Gasteiger partial charge in [0.2, 0.25) is 0 Å². The van der Waals surface area contributed by atoms with Crippen LogP contribution in [0.3, 0.4) is 0 Å². The predicted octanol–water partition coefficient (Wildman–Crippen LogP) is -1.61. The molecule has 80 valence electrons. The second-order valence-corrected chi connectivity index (χ2v) is 4.85. The Balaban J connectivity index is 2.64. The Morgan fingerprint density at radius 2 is 1.79 bits per heavy atom. The van der Waals surface area contributed by atoms with E-state index in [2.05, 4.69) is 0 Å². The zero-order valence-electron chi connectivity index (χ0n) is 8.56. The number of nitrogens with zero attached hydrogens (tertiary/aromatic N) is 1. The SMILES string of the molecule is C[N+](C)(C)C[C@@H]1[C@H](C(=O)[O-])[C@H]1C(=O)O. The average molecular weight is 201 g/mol. The molecule has 5 heteroatoms. The molecule has 1 fully saturated rings. The molecule has 1 aliphatic rings. The van der Waals surface area contributed by atoms with Gasteiger partial charge >= 0.3 is 5.97 Å². The molecule has 0 aromatic rings. The highest BCUT2D eigenvalue weighted by atomic mass is 16.4. The van der Waals surface area contributed by atoms with Crippen molar-refractivity contribution in [2.45, 2.75) is 0 Å². The quantitative estimate of drug-likeness (QED) is 0.555. The molecule has 1 saturated carbocycles. The molecule has 0 saturated heterocycles. The van der Waals surface area contributed by atoms with Gasteiger partial charge in [-0.3, -0.25) is 4.79 Å². The van der Waals surface area contributed by atoms with Gasteiger partial charge < -0.3 is 19.5 Å². The number of quaternary nitrogens is 1. The Hall–Kier alpha value is -1.10. The Bertz CT molecular complexity index is 248. The van der Waals surface area contributed by atoms with Gasteiger partial charge in [-0.15, -0.1) is 0 Å². The summed E-state index contributed by atoms with van der Waals surface area (Å²) in [6, 6.07) is 0. The van der Waals surface area contributed by atoms with Crippen LogP contribution in [-0.2, 0) is 9.59 Å². The van der Waals surface area contributed by atoms with E-state index < -0.39 is 23.8 Å². The Morgan fingerprint density at radius 1 is 1.29 bits per heavy atom. The highest BCUT2D eigenvalue weighted by Gasteiger charge is 2.58. The van der Waals surface area contributed by atoms with Gasteiger partial charge in [0.15, 0.2) is 0 Å². The number of rotatable bonds is 4. The zero-order valence-corrected chi connectivity index (χ0v) is 8.56. The fourth-order valence-electron chi connectivity index (χ4n) is 1.89. The van der Waals surface area contributed by atoms with Crippen molar-refractivity contribution in [1.29, 1.82) is 0 Å². The largest absolute Gasteiger partial charge is 0.550 e. The Morgan fingerprint density at radius 3 is 2.00 bits per heavy atom. The number of aliphatic carboxylic acids is 2. The maximum atomic E-state index is 10.7. The average Bonchev–Trinajstić information content (AvgIpc) is 2.57.